The molecule has 0 aliphatic carbocycles. The second kappa shape index (κ2) is 7.70. The van der Waals surface area contributed by atoms with Crippen molar-refractivity contribution in [2.45, 2.75) is 6.92 Å². The molecule has 0 spiro atoms. The van der Waals surface area contributed by atoms with Gasteiger partial charge >= 0.3 is 0 Å². The number of nitrogens with one attached hydrogen (secondary N) is 1. The molecule has 28 heavy (non-hydrogen) atoms. The Balaban J connectivity index is 1.45. The summed E-state index contributed by atoms with van der Waals surface area (Å²) in [6, 6.07) is 16.1. The number of carbonyl (C=O) groups excluding carboxylic acids is 1. The van der Waals surface area contributed by atoms with Crippen molar-refractivity contribution >= 4 is 34.4 Å². The SMILES string of the molecule is Cc1cc(NC(=O)COc2ccccc2Cl)ccc1-c1nc2ncccc2o1. The third kappa shape index (κ3) is 3.82. The first-order chi connectivity index (χ1) is 13.6. The highest BCUT2D eigenvalue weighted by Crippen LogP contribution is 2.28. The van der Waals surface area contributed by atoms with E-state index in [2.05, 4.69) is 15.3 Å². The first kappa shape index (κ1) is 18.0. The van der Waals surface area contributed by atoms with Crippen LogP contribution in [-0.2, 0) is 4.79 Å². The highest BCUT2D eigenvalue weighted by atomic mass is 35.5. The molecule has 0 aliphatic heterocycles. The molecule has 4 aromatic rings. The van der Waals surface area contributed by atoms with Gasteiger partial charge < -0.3 is 14.5 Å². The van der Waals surface area contributed by atoms with E-state index < -0.39 is 0 Å². The summed E-state index contributed by atoms with van der Waals surface area (Å²) in [6.07, 6.45) is 1.67. The Labute approximate surface area is 166 Å². The second-order valence-corrected chi connectivity index (χ2v) is 6.55. The topological polar surface area (TPSA) is 77.2 Å². The maximum absolute atomic E-state index is 12.2. The van der Waals surface area contributed by atoms with Gasteiger partial charge in [0.25, 0.3) is 5.91 Å². The predicted octanol–water partition coefficient (Wildman–Crippen LogP) is 4.87. The number of para-hydroxylation sites is 1. The summed E-state index contributed by atoms with van der Waals surface area (Å²) in [6.45, 7) is 1.79. The molecule has 1 amide bonds. The Bertz CT molecular complexity index is 1120. The van der Waals surface area contributed by atoms with Crippen molar-refractivity contribution in [2.75, 3.05) is 11.9 Å². The van der Waals surface area contributed by atoms with Gasteiger partial charge in [0.05, 0.1) is 5.02 Å². The van der Waals surface area contributed by atoms with Crippen LogP contribution >= 0.6 is 11.6 Å². The number of hydrogen-bond donors (Lipinski definition) is 1. The zero-order valence-electron chi connectivity index (χ0n) is 15.0. The summed E-state index contributed by atoms with van der Waals surface area (Å²) >= 11 is 6.02. The number of amides is 1. The van der Waals surface area contributed by atoms with Crippen LogP contribution in [0.5, 0.6) is 5.75 Å². The minimum absolute atomic E-state index is 0.138. The van der Waals surface area contributed by atoms with E-state index in [-0.39, 0.29) is 12.5 Å². The number of nitrogens with zero attached hydrogens (tertiary/aromatic N) is 2. The number of anilines is 1. The smallest absolute Gasteiger partial charge is 0.262 e. The van der Waals surface area contributed by atoms with Crippen LogP contribution in [0, 0.1) is 6.92 Å². The molecule has 0 fully saturated rings. The lowest BCUT2D eigenvalue weighted by atomic mass is 10.1. The number of benzene rings is 2. The molecule has 0 saturated heterocycles. The fourth-order valence-electron chi connectivity index (χ4n) is 2.77. The van der Waals surface area contributed by atoms with Crippen LogP contribution < -0.4 is 10.1 Å². The van der Waals surface area contributed by atoms with Gasteiger partial charge in [-0.2, -0.15) is 4.98 Å². The Morgan fingerprint density at radius 2 is 2.04 bits per heavy atom. The summed E-state index contributed by atoms with van der Waals surface area (Å²) in [7, 11) is 0. The number of pyridine rings is 1. The number of rotatable bonds is 5. The number of halogens is 1. The van der Waals surface area contributed by atoms with E-state index >= 15 is 0 Å². The molecule has 0 bridgehead atoms. The lowest BCUT2D eigenvalue weighted by molar-refractivity contribution is -0.118. The monoisotopic (exact) mass is 393 g/mol. The molecule has 0 saturated carbocycles. The molecule has 0 unspecified atom stereocenters. The fraction of sp³-hybridized carbons (Fsp3) is 0.0952. The molecule has 0 atom stereocenters. The number of oxazole rings is 1. The van der Waals surface area contributed by atoms with Crippen molar-refractivity contribution in [3.8, 4) is 17.2 Å². The zero-order valence-corrected chi connectivity index (χ0v) is 15.7. The molecule has 7 heteroatoms. The average molecular weight is 394 g/mol. The largest absolute Gasteiger partial charge is 0.482 e. The van der Waals surface area contributed by atoms with Crippen molar-refractivity contribution in [2.24, 2.45) is 0 Å². The molecular weight excluding hydrogens is 378 g/mol. The molecule has 2 heterocycles. The Kier molecular flexibility index (Phi) is 4.95. The number of aromatic nitrogens is 2. The lowest BCUT2D eigenvalue weighted by Gasteiger charge is -2.10. The van der Waals surface area contributed by atoms with Crippen molar-refractivity contribution in [3.63, 3.8) is 0 Å². The summed E-state index contributed by atoms with van der Waals surface area (Å²) in [5.74, 6) is 0.680. The summed E-state index contributed by atoms with van der Waals surface area (Å²) < 4.78 is 11.2. The third-order valence-electron chi connectivity index (χ3n) is 4.10. The number of ether oxygens (including phenoxy) is 1. The molecule has 2 aromatic carbocycles. The van der Waals surface area contributed by atoms with Gasteiger partial charge in [-0.15, -0.1) is 0 Å². The quantitative estimate of drug-likeness (QED) is 0.523. The van der Waals surface area contributed by atoms with Gasteiger partial charge in [-0.05, 0) is 55.0 Å². The van der Waals surface area contributed by atoms with Crippen LogP contribution in [0.2, 0.25) is 5.02 Å². The maximum Gasteiger partial charge on any atom is 0.262 e. The molecule has 140 valence electrons. The van der Waals surface area contributed by atoms with Gasteiger partial charge in [-0.1, -0.05) is 23.7 Å². The molecule has 4 rings (SSSR count). The number of hydrogen-bond acceptors (Lipinski definition) is 5. The van der Waals surface area contributed by atoms with Gasteiger partial charge in [0, 0.05) is 17.4 Å². The standard InChI is InChI=1S/C21H16ClN3O3/c1-13-11-14(24-19(26)12-27-17-6-3-2-5-16(17)22)8-9-15(13)21-25-20-18(28-21)7-4-10-23-20/h2-11H,12H2,1H3,(H,24,26). The van der Waals surface area contributed by atoms with E-state index in [0.717, 1.165) is 11.1 Å². The number of fused-ring (bicyclic) bond motifs is 1. The highest BCUT2D eigenvalue weighted by Gasteiger charge is 2.12. The number of aryl methyl sites for hydroxylation is 1. The van der Waals surface area contributed by atoms with E-state index in [4.69, 9.17) is 20.8 Å². The van der Waals surface area contributed by atoms with Crippen LogP contribution in [0.25, 0.3) is 22.7 Å². The van der Waals surface area contributed by atoms with Gasteiger partial charge in [-0.25, -0.2) is 4.98 Å². The molecule has 0 aliphatic rings. The average Bonchev–Trinajstić information content (AvgIpc) is 3.11. The third-order valence-corrected chi connectivity index (χ3v) is 4.41. The molecular formula is C21H16ClN3O3. The molecule has 1 N–H and O–H groups in total. The summed E-state index contributed by atoms with van der Waals surface area (Å²) in [4.78, 5) is 20.8. The van der Waals surface area contributed by atoms with Crippen molar-refractivity contribution < 1.29 is 13.9 Å². The Hall–Kier alpha value is -3.38. The summed E-state index contributed by atoms with van der Waals surface area (Å²) in [5.41, 5.74) is 3.60. The van der Waals surface area contributed by atoms with Crippen molar-refractivity contribution in [1.82, 2.24) is 9.97 Å². The molecule has 6 nitrogen and oxygen atoms in total. The van der Waals surface area contributed by atoms with E-state index in [1.807, 2.05) is 25.1 Å². The minimum atomic E-state index is -0.280. The maximum atomic E-state index is 12.2. The van der Waals surface area contributed by atoms with Gasteiger partial charge in [0.1, 0.15) is 5.75 Å². The van der Waals surface area contributed by atoms with E-state index in [0.29, 0.717) is 33.6 Å². The van der Waals surface area contributed by atoms with Crippen LogP contribution in [0.4, 0.5) is 5.69 Å². The van der Waals surface area contributed by atoms with E-state index in [1.165, 1.54) is 0 Å². The van der Waals surface area contributed by atoms with Crippen LogP contribution in [0.15, 0.2) is 65.2 Å². The predicted molar refractivity (Wildman–Crippen MR) is 108 cm³/mol. The van der Waals surface area contributed by atoms with Gasteiger partial charge in [-0.3, -0.25) is 4.79 Å². The van der Waals surface area contributed by atoms with Crippen LogP contribution in [-0.4, -0.2) is 22.5 Å². The van der Waals surface area contributed by atoms with Crippen molar-refractivity contribution in [1.29, 1.82) is 0 Å². The van der Waals surface area contributed by atoms with Crippen LogP contribution in [0.3, 0.4) is 0 Å². The Morgan fingerprint density at radius 1 is 1.18 bits per heavy atom. The molecule has 2 aromatic heterocycles. The first-order valence-electron chi connectivity index (χ1n) is 8.60. The number of carbonyl (C=O) groups is 1. The Morgan fingerprint density at radius 3 is 2.82 bits per heavy atom. The normalized spacial score (nSPS) is 10.8. The summed E-state index contributed by atoms with van der Waals surface area (Å²) in [5, 5.41) is 3.27. The van der Waals surface area contributed by atoms with Gasteiger partial charge in [0.2, 0.25) is 5.89 Å². The van der Waals surface area contributed by atoms with Crippen molar-refractivity contribution in [3.05, 3.63) is 71.4 Å². The first-order valence-corrected chi connectivity index (χ1v) is 8.98. The van der Waals surface area contributed by atoms with E-state index in [9.17, 15) is 4.79 Å². The van der Waals surface area contributed by atoms with Gasteiger partial charge in [0.15, 0.2) is 17.8 Å². The highest BCUT2D eigenvalue weighted by molar-refractivity contribution is 6.32. The lowest BCUT2D eigenvalue weighted by Crippen LogP contribution is -2.20. The fourth-order valence-corrected chi connectivity index (χ4v) is 2.96. The second-order valence-electron chi connectivity index (χ2n) is 6.14. The molecule has 0 radical (unpaired) electrons. The zero-order chi connectivity index (χ0) is 19.5. The van der Waals surface area contributed by atoms with Crippen LogP contribution in [0.1, 0.15) is 5.56 Å². The van der Waals surface area contributed by atoms with E-state index in [1.54, 1.807) is 42.6 Å². The minimum Gasteiger partial charge on any atom is -0.482 e.